The van der Waals surface area contributed by atoms with Gasteiger partial charge in [0.2, 0.25) is 0 Å². The molecule has 0 aliphatic carbocycles. The molecule has 6 aromatic rings. The maximum absolute atomic E-state index is 13.5. The van der Waals surface area contributed by atoms with Gasteiger partial charge in [-0.3, -0.25) is 24.4 Å². The predicted molar refractivity (Wildman–Crippen MR) is 202 cm³/mol. The van der Waals surface area contributed by atoms with Crippen LogP contribution in [-0.2, 0) is 20.0 Å². The van der Waals surface area contributed by atoms with Gasteiger partial charge in [0.25, 0.3) is 31.6 Å². The number of anilines is 4. The van der Waals surface area contributed by atoms with E-state index >= 15 is 0 Å². The van der Waals surface area contributed by atoms with Crippen molar-refractivity contribution in [2.75, 3.05) is 21.3 Å². The average Bonchev–Trinajstić information content (AvgIpc) is 3.47. The number of carbonyl (C=O) groups excluding carboxylic acids is 1. The Bertz CT molecular complexity index is 2650. The zero-order valence-corrected chi connectivity index (χ0v) is 31.3. The zero-order chi connectivity index (χ0) is 40.1. The first-order chi connectivity index (χ1) is 26.0. The summed E-state index contributed by atoms with van der Waals surface area (Å²) in [5.41, 5.74) is 3.78. The number of aromatic nitrogens is 3. The van der Waals surface area contributed by atoms with Crippen LogP contribution in [0.1, 0.15) is 34.0 Å². The standard InChI is InChI=1S/C23H23FN6O3S.C13H11FN2O4S/c1-4-25-23(31)19-12-30-21(15(19)3)22(26-13-27-30)28-20-11-17(9-8-14(20)2)29-34(32,33)18-7-5-6-16(24)10-18;1-9-5-6-11(8-13(9)16(17)18)15-21(19,20)12-4-2-3-10(14)7-12/h5-13,29H,4H2,1-3H3,(H,25,31)(H,26,27,28);2-8,15H,1H3. The van der Waals surface area contributed by atoms with Gasteiger partial charge in [0.15, 0.2) is 5.82 Å². The molecule has 0 unspecified atom stereocenters. The lowest BCUT2D eigenvalue weighted by atomic mass is 10.1. The largest absolute Gasteiger partial charge is 0.352 e. The highest BCUT2D eigenvalue weighted by molar-refractivity contribution is 7.93. The first-order valence-electron chi connectivity index (χ1n) is 16.3. The van der Waals surface area contributed by atoms with Crippen molar-refractivity contribution in [2.24, 2.45) is 0 Å². The Morgan fingerprint density at radius 3 is 1.93 bits per heavy atom. The first kappa shape index (κ1) is 39.7. The number of carbonyl (C=O) groups is 1. The van der Waals surface area contributed by atoms with Crippen LogP contribution < -0.4 is 20.1 Å². The van der Waals surface area contributed by atoms with E-state index in [4.69, 9.17) is 0 Å². The van der Waals surface area contributed by atoms with Gasteiger partial charge in [-0.15, -0.1) is 0 Å². The van der Waals surface area contributed by atoms with E-state index < -0.39 is 36.6 Å². The number of fused-ring (bicyclic) bond motifs is 1. The molecule has 0 atom stereocenters. The zero-order valence-electron chi connectivity index (χ0n) is 29.7. The molecule has 0 fully saturated rings. The van der Waals surface area contributed by atoms with Crippen LogP contribution in [0.3, 0.4) is 0 Å². The molecule has 0 bridgehead atoms. The smallest absolute Gasteiger partial charge is 0.274 e. The van der Waals surface area contributed by atoms with Crippen LogP contribution in [0.4, 0.5) is 37.3 Å². The highest BCUT2D eigenvalue weighted by Gasteiger charge is 2.20. The second-order valence-electron chi connectivity index (χ2n) is 12.0. The Labute approximate surface area is 314 Å². The minimum Gasteiger partial charge on any atom is -0.352 e. The van der Waals surface area contributed by atoms with Gasteiger partial charge in [0.05, 0.1) is 31.7 Å². The predicted octanol–water partition coefficient (Wildman–Crippen LogP) is 6.62. The number of benzene rings is 4. The summed E-state index contributed by atoms with van der Waals surface area (Å²) in [5, 5.41) is 21.0. The van der Waals surface area contributed by atoms with Crippen molar-refractivity contribution in [1.82, 2.24) is 19.9 Å². The summed E-state index contributed by atoms with van der Waals surface area (Å²) in [5.74, 6) is -1.08. The fourth-order valence-electron chi connectivity index (χ4n) is 5.25. The van der Waals surface area contributed by atoms with Crippen molar-refractivity contribution in [2.45, 2.75) is 37.5 Å². The molecule has 0 saturated heterocycles. The van der Waals surface area contributed by atoms with Gasteiger partial charge >= 0.3 is 0 Å². The summed E-state index contributed by atoms with van der Waals surface area (Å²) in [4.78, 5) is 26.5. The Balaban J connectivity index is 0.000000237. The van der Waals surface area contributed by atoms with Gasteiger partial charge in [0, 0.05) is 30.1 Å². The van der Waals surface area contributed by atoms with E-state index in [-0.39, 0.29) is 32.8 Å². The number of nitro groups is 1. The number of hydrogen-bond acceptors (Lipinski definition) is 10. The van der Waals surface area contributed by atoms with Crippen LogP contribution in [0.25, 0.3) is 5.52 Å². The summed E-state index contributed by atoms with van der Waals surface area (Å²) < 4.78 is 82.3. The van der Waals surface area contributed by atoms with E-state index in [1.54, 1.807) is 35.8 Å². The SMILES string of the molecule is CCNC(=O)c1cn2ncnc(Nc3cc(NS(=O)(=O)c4cccc(F)c4)ccc3C)c2c1C.Cc1ccc(NS(=O)(=O)c2cccc(F)c2)cc1[N+](=O)[O-]. The third kappa shape index (κ3) is 9.37. The third-order valence-electron chi connectivity index (χ3n) is 8.02. The molecule has 6 rings (SSSR count). The van der Waals surface area contributed by atoms with E-state index in [9.17, 15) is 40.5 Å². The van der Waals surface area contributed by atoms with E-state index in [1.165, 1.54) is 48.8 Å². The summed E-state index contributed by atoms with van der Waals surface area (Å²) >= 11 is 0. The second kappa shape index (κ2) is 16.3. The molecular weight excluding hydrogens is 759 g/mol. The van der Waals surface area contributed by atoms with Crippen LogP contribution in [0.5, 0.6) is 0 Å². The van der Waals surface area contributed by atoms with Gasteiger partial charge in [-0.05, 0) is 93.4 Å². The molecule has 0 saturated carbocycles. The first-order valence-corrected chi connectivity index (χ1v) is 19.3. The van der Waals surface area contributed by atoms with Crippen LogP contribution in [-0.4, -0.2) is 48.8 Å². The molecule has 0 spiro atoms. The molecule has 19 heteroatoms. The lowest BCUT2D eigenvalue weighted by Gasteiger charge is -2.14. The highest BCUT2D eigenvalue weighted by atomic mass is 32.2. The molecule has 1 amide bonds. The van der Waals surface area contributed by atoms with E-state index in [0.29, 0.717) is 40.3 Å². The molecule has 4 aromatic carbocycles. The van der Waals surface area contributed by atoms with Crippen molar-refractivity contribution >= 4 is 60.0 Å². The molecular formula is C36H34F2N8O7S2. The normalized spacial score (nSPS) is 11.3. The third-order valence-corrected chi connectivity index (χ3v) is 10.8. The number of rotatable bonds is 11. The maximum atomic E-state index is 13.5. The van der Waals surface area contributed by atoms with Gasteiger partial charge in [0.1, 0.15) is 23.5 Å². The van der Waals surface area contributed by atoms with Gasteiger partial charge in [-0.1, -0.05) is 24.3 Å². The van der Waals surface area contributed by atoms with Gasteiger partial charge < -0.3 is 10.6 Å². The lowest BCUT2D eigenvalue weighted by Crippen LogP contribution is -2.22. The maximum Gasteiger partial charge on any atom is 0.274 e. The molecule has 2 heterocycles. The monoisotopic (exact) mass is 792 g/mol. The Morgan fingerprint density at radius 2 is 1.38 bits per heavy atom. The van der Waals surface area contributed by atoms with Gasteiger partial charge in [-0.25, -0.2) is 35.1 Å². The van der Waals surface area contributed by atoms with Crippen LogP contribution in [0.2, 0.25) is 0 Å². The van der Waals surface area contributed by atoms with E-state index in [0.717, 1.165) is 29.8 Å². The molecule has 0 aliphatic heterocycles. The summed E-state index contributed by atoms with van der Waals surface area (Å²) in [6, 6.07) is 18.2. The fraction of sp³-hybridized carbons (Fsp3) is 0.139. The number of sulfonamides is 2. The number of nitro benzene ring substituents is 1. The van der Waals surface area contributed by atoms with Gasteiger partial charge in [-0.2, -0.15) is 5.10 Å². The topological polar surface area (TPSA) is 207 Å². The molecule has 0 radical (unpaired) electrons. The number of hydrogen-bond donors (Lipinski definition) is 4. The second-order valence-corrected chi connectivity index (χ2v) is 15.3. The summed E-state index contributed by atoms with van der Waals surface area (Å²) in [6.45, 7) is 7.55. The highest BCUT2D eigenvalue weighted by Crippen LogP contribution is 2.30. The number of aryl methyl sites for hydroxylation is 3. The fourth-order valence-corrected chi connectivity index (χ4v) is 7.41. The Hall–Kier alpha value is -6.47. The molecule has 2 aromatic heterocycles. The average molecular weight is 793 g/mol. The Morgan fingerprint density at radius 1 is 0.818 bits per heavy atom. The molecule has 4 N–H and O–H groups in total. The lowest BCUT2D eigenvalue weighted by molar-refractivity contribution is -0.385. The van der Waals surface area contributed by atoms with Crippen LogP contribution in [0, 0.1) is 42.5 Å². The van der Waals surface area contributed by atoms with Crippen LogP contribution >= 0.6 is 0 Å². The van der Waals surface area contributed by atoms with Crippen molar-refractivity contribution in [3.8, 4) is 0 Å². The number of amides is 1. The minimum atomic E-state index is -4.00. The molecule has 55 heavy (non-hydrogen) atoms. The van der Waals surface area contributed by atoms with Crippen molar-refractivity contribution in [3.05, 3.63) is 141 Å². The molecule has 286 valence electrons. The molecule has 15 nitrogen and oxygen atoms in total. The number of nitrogens with one attached hydrogen (secondary N) is 4. The summed E-state index contributed by atoms with van der Waals surface area (Å²) in [6.07, 6.45) is 3.00. The quantitative estimate of drug-likeness (QED) is 0.0814. The van der Waals surface area contributed by atoms with Crippen LogP contribution in [0.15, 0.2) is 107 Å². The van der Waals surface area contributed by atoms with Crippen molar-refractivity contribution in [3.63, 3.8) is 0 Å². The Kier molecular flexibility index (Phi) is 11.8. The van der Waals surface area contributed by atoms with Crippen molar-refractivity contribution in [1.29, 1.82) is 0 Å². The minimum absolute atomic E-state index is 0.0385. The number of halogens is 2. The molecule has 0 aliphatic rings. The van der Waals surface area contributed by atoms with E-state index in [2.05, 4.69) is 30.2 Å². The number of nitrogens with zero attached hydrogens (tertiary/aromatic N) is 4. The van der Waals surface area contributed by atoms with E-state index in [1.807, 2.05) is 20.8 Å². The van der Waals surface area contributed by atoms with Crippen molar-refractivity contribution < 1.29 is 35.3 Å². The summed E-state index contributed by atoms with van der Waals surface area (Å²) in [7, 11) is -7.99.